The minimum absolute atomic E-state index is 0.0848. The van der Waals surface area contributed by atoms with Crippen molar-refractivity contribution in [3.63, 3.8) is 0 Å². The van der Waals surface area contributed by atoms with Crippen molar-refractivity contribution in [1.29, 1.82) is 0 Å². The number of benzene rings is 3. The maximum absolute atomic E-state index is 14.0. The molecule has 2 aliphatic heterocycles. The summed E-state index contributed by atoms with van der Waals surface area (Å²) >= 11 is 1.74. The number of aryl methyl sites for hydroxylation is 1. The first-order chi connectivity index (χ1) is 20.4. The number of halogens is 3. The van der Waals surface area contributed by atoms with Gasteiger partial charge in [-0.15, -0.1) is 0 Å². The van der Waals surface area contributed by atoms with Gasteiger partial charge in [-0.1, -0.05) is 59.0 Å². The number of carbonyl (C=O) groups excluding carboxylic acids is 2. The van der Waals surface area contributed by atoms with Crippen molar-refractivity contribution in [2.45, 2.75) is 35.9 Å². The number of H-pyrrole nitrogens is 1. The molecule has 1 fully saturated rings. The summed E-state index contributed by atoms with van der Waals surface area (Å²) in [6.07, 6.45) is -4.71. The maximum atomic E-state index is 14.0. The maximum Gasteiger partial charge on any atom is 0.416 e. The van der Waals surface area contributed by atoms with Crippen LogP contribution in [0.15, 0.2) is 76.6 Å². The highest BCUT2D eigenvalue weighted by molar-refractivity contribution is 8.00. The Morgan fingerprint density at radius 1 is 1.02 bits per heavy atom. The highest BCUT2D eigenvalue weighted by Crippen LogP contribution is 2.55. The van der Waals surface area contributed by atoms with Gasteiger partial charge in [-0.25, -0.2) is 4.90 Å². The lowest BCUT2D eigenvalue weighted by Gasteiger charge is -2.30. The number of nitro groups is 1. The number of nitrogens with zero attached hydrogens (tertiary/aromatic N) is 2. The van der Waals surface area contributed by atoms with Crippen LogP contribution in [0.5, 0.6) is 5.75 Å². The van der Waals surface area contributed by atoms with Gasteiger partial charge < -0.3 is 9.72 Å². The molecular formula is C29H20F3N3O6S2. The van der Waals surface area contributed by atoms with Crippen LogP contribution in [-0.2, 0) is 22.4 Å². The van der Waals surface area contributed by atoms with E-state index in [1.165, 1.54) is 24.3 Å². The van der Waals surface area contributed by atoms with Crippen molar-refractivity contribution < 1.29 is 32.4 Å². The number of rotatable bonds is 6. The summed E-state index contributed by atoms with van der Waals surface area (Å²) in [5.74, 6) is -3.56. The van der Waals surface area contributed by atoms with Crippen LogP contribution in [0.2, 0.25) is 0 Å². The molecule has 0 saturated carbocycles. The SMILES string of the molecule is Cc1cccc(COc2ccc([N+](=O)[O-])cc2[C@H]2c3sc(=O)[nH]c3SC3C(=O)N(c4cccc(C(F)(F)F)c4)C(=O)C32)c1. The first kappa shape index (κ1) is 28.7. The number of nitrogens with one attached hydrogen (secondary N) is 1. The number of thiazole rings is 1. The quantitative estimate of drug-likeness (QED) is 0.157. The molecule has 14 heteroatoms. The number of hydrogen-bond acceptors (Lipinski definition) is 8. The number of anilines is 1. The second-order valence-electron chi connectivity index (χ2n) is 10.1. The molecule has 43 heavy (non-hydrogen) atoms. The molecule has 2 aliphatic rings. The van der Waals surface area contributed by atoms with Gasteiger partial charge in [-0.2, -0.15) is 13.2 Å². The molecule has 0 bridgehead atoms. The molecule has 0 spiro atoms. The summed E-state index contributed by atoms with van der Waals surface area (Å²) in [6, 6.07) is 15.3. The third-order valence-electron chi connectivity index (χ3n) is 7.27. The van der Waals surface area contributed by atoms with E-state index in [2.05, 4.69) is 4.98 Å². The number of aromatic amines is 1. The third-order valence-corrected chi connectivity index (χ3v) is 9.67. The Labute approximate surface area is 249 Å². The average Bonchev–Trinajstić information content (AvgIpc) is 3.45. The summed E-state index contributed by atoms with van der Waals surface area (Å²) in [7, 11) is 0. The largest absolute Gasteiger partial charge is 0.489 e. The van der Waals surface area contributed by atoms with E-state index in [0.717, 1.165) is 57.3 Å². The first-order valence-electron chi connectivity index (χ1n) is 12.8. The fourth-order valence-corrected chi connectivity index (χ4v) is 7.92. The molecule has 1 saturated heterocycles. The van der Waals surface area contributed by atoms with Crippen molar-refractivity contribution in [3.05, 3.63) is 114 Å². The molecule has 6 rings (SSSR count). The fourth-order valence-electron chi connectivity index (χ4n) is 5.41. The molecule has 2 amide bonds. The monoisotopic (exact) mass is 627 g/mol. The lowest BCUT2D eigenvalue weighted by molar-refractivity contribution is -0.385. The highest BCUT2D eigenvalue weighted by Gasteiger charge is 2.57. The van der Waals surface area contributed by atoms with E-state index < -0.39 is 50.4 Å². The number of non-ortho nitro benzene ring substituents is 1. The molecule has 0 radical (unpaired) electrons. The van der Waals surface area contributed by atoms with E-state index in [-0.39, 0.29) is 29.3 Å². The molecule has 220 valence electrons. The number of aromatic nitrogens is 1. The normalized spacial score (nSPS) is 19.7. The van der Waals surface area contributed by atoms with Crippen molar-refractivity contribution in [2.24, 2.45) is 5.92 Å². The van der Waals surface area contributed by atoms with Crippen LogP contribution < -0.4 is 14.5 Å². The van der Waals surface area contributed by atoms with E-state index in [9.17, 15) is 37.7 Å². The number of amides is 2. The van der Waals surface area contributed by atoms with Crippen LogP contribution in [0, 0.1) is 23.0 Å². The third kappa shape index (κ3) is 5.20. The number of carbonyl (C=O) groups is 2. The number of ether oxygens (including phenoxy) is 1. The van der Waals surface area contributed by atoms with Gasteiger partial charge in [0.25, 0.3) is 5.69 Å². The zero-order chi connectivity index (χ0) is 30.6. The highest BCUT2D eigenvalue weighted by atomic mass is 32.2. The van der Waals surface area contributed by atoms with Gasteiger partial charge >= 0.3 is 11.0 Å². The Morgan fingerprint density at radius 2 is 1.79 bits per heavy atom. The molecule has 2 unspecified atom stereocenters. The summed E-state index contributed by atoms with van der Waals surface area (Å²) in [5.41, 5.74) is 0.438. The zero-order valence-corrected chi connectivity index (χ0v) is 23.7. The molecular weight excluding hydrogens is 607 g/mol. The molecule has 0 aliphatic carbocycles. The topological polar surface area (TPSA) is 123 Å². The molecule has 3 aromatic carbocycles. The number of thioether (sulfide) groups is 1. The zero-order valence-electron chi connectivity index (χ0n) is 22.1. The lowest BCUT2D eigenvalue weighted by Crippen LogP contribution is -2.32. The van der Waals surface area contributed by atoms with E-state index in [4.69, 9.17) is 4.74 Å². The van der Waals surface area contributed by atoms with Crippen LogP contribution in [-0.4, -0.2) is 27.0 Å². The van der Waals surface area contributed by atoms with Gasteiger partial charge in [0.15, 0.2) is 0 Å². The molecule has 1 aromatic heterocycles. The van der Waals surface area contributed by atoms with Gasteiger partial charge in [0.1, 0.15) is 17.6 Å². The lowest BCUT2D eigenvalue weighted by atomic mass is 9.82. The number of imide groups is 1. The van der Waals surface area contributed by atoms with Crippen LogP contribution in [0.3, 0.4) is 0 Å². The van der Waals surface area contributed by atoms with E-state index in [1.54, 1.807) is 0 Å². The Hall–Kier alpha value is -4.43. The fraction of sp³-hybridized carbons (Fsp3) is 0.207. The predicted molar refractivity (Wildman–Crippen MR) is 152 cm³/mol. The van der Waals surface area contributed by atoms with Gasteiger partial charge in [0.05, 0.1) is 27.1 Å². The van der Waals surface area contributed by atoms with E-state index >= 15 is 0 Å². The Morgan fingerprint density at radius 3 is 2.51 bits per heavy atom. The standard InChI is InChI=1S/C29H20F3N3O6S2/c1-14-4-2-5-15(10-14)13-41-20-9-8-18(35(39)40)12-19(20)21-22-24(42-25-23(21)43-28(38)33-25)27(37)34(26(22)36)17-7-3-6-16(11-17)29(30,31)32/h2-12,21-22,24H,13H2,1H3,(H,33,38)/t21-,22?,24?/m1/s1. The number of nitro benzene ring substituents is 1. The van der Waals surface area contributed by atoms with Crippen LogP contribution in [0.1, 0.15) is 33.0 Å². The Balaban J connectivity index is 1.47. The molecule has 9 nitrogen and oxygen atoms in total. The Kier molecular flexibility index (Phi) is 7.13. The molecule has 1 N–H and O–H groups in total. The second kappa shape index (κ2) is 10.7. The first-order valence-corrected chi connectivity index (χ1v) is 14.5. The van der Waals surface area contributed by atoms with Crippen molar-refractivity contribution in [3.8, 4) is 5.75 Å². The average molecular weight is 628 g/mol. The van der Waals surface area contributed by atoms with E-state index in [1.807, 2.05) is 31.2 Å². The summed E-state index contributed by atoms with van der Waals surface area (Å²) in [4.78, 5) is 54.7. The molecule has 4 aromatic rings. The van der Waals surface area contributed by atoms with Gasteiger partial charge in [-0.3, -0.25) is 24.5 Å². The van der Waals surface area contributed by atoms with Gasteiger partial charge in [0.2, 0.25) is 11.8 Å². The minimum Gasteiger partial charge on any atom is -0.489 e. The predicted octanol–water partition coefficient (Wildman–Crippen LogP) is 6.05. The van der Waals surface area contributed by atoms with Crippen molar-refractivity contribution in [1.82, 2.24) is 4.98 Å². The minimum atomic E-state index is -4.71. The summed E-state index contributed by atoms with van der Waals surface area (Å²) < 4.78 is 46.5. The number of alkyl halides is 3. The smallest absolute Gasteiger partial charge is 0.416 e. The summed E-state index contributed by atoms with van der Waals surface area (Å²) in [6.45, 7) is 2.00. The molecule has 3 heterocycles. The molecule has 3 atom stereocenters. The second-order valence-corrected chi connectivity index (χ2v) is 12.2. The Bertz CT molecular complexity index is 1850. The van der Waals surface area contributed by atoms with Crippen LogP contribution in [0.25, 0.3) is 0 Å². The van der Waals surface area contributed by atoms with E-state index in [0.29, 0.717) is 9.90 Å². The van der Waals surface area contributed by atoms with Crippen molar-refractivity contribution in [2.75, 3.05) is 4.90 Å². The van der Waals surface area contributed by atoms with Crippen LogP contribution >= 0.6 is 23.1 Å². The number of fused-ring (bicyclic) bond motifs is 2. The van der Waals surface area contributed by atoms with Crippen LogP contribution in [0.4, 0.5) is 24.5 Å². The van der Waals surface area contributed by atoms with Crippen molar-refractivity contribution >= 4 is 46.3 Å². The van der Waals surface area contributed by atoms with Gasteiger partial charge in [-0.05, 0) is 36.8 Å². The van der Waals surface area contributed by atoms with Gasteiger partial charge in [0, 0.05) is 28.5 Å². The number of hydrogen-bond donors (Lipinski definition) is 1. The summed E-state index contributed by atoms with van der Waals surface area (Å²) in [5, 5.41) is 11.0.